The molecule has 1 aliphatic rings. The Kier molecular flexibility index (Phi) is 4.58. The molecule has 0 aliphatic carbocycles. The molecule has 0 spiro atoms. The van der Waals surface area contributed by atoms with Crippen LogP contribution in [0.2, 0.25) is 0 Å². The highest BCUT2D eigenvalue weighted by Crippen LogP contribution is 2.28. The van der Waals surface area contributed by atoms with Crippen molar-refractivity contribution < 1.29 is 9.90 Å². The lowest BCUT2D eigenvalue weighted by molar-refractivity contribution is -0.134. The highest BCUT2D eigenvalue weighted by atomic mass is 16.3. The monoisotopic (exact) mass is 213 g/mol. The molecule has 0 atom stereocenters. The normalized spacial score (nSPS) is 20.3. The van der Waals surface area contributed by atoms with Gasteiger partial charge in [0.1, 0.15) is 0 Å². The Labute approximate surface area is 92.5 Å². The Hall–Kier alpha value is -0.570. The number of carbonyl (C=O) groups excluding carboxylic acids is 1. The summed E-state index contributed by atoms with van der Waals surface area (Å²) in [6.07, 6.45) is 4.48. The van der Waals surface area contributed by atoms with Gasteiger partial charge in [-0.3, -0.25) is 4.79 Å². The lowest BCUT2D eigenvalue weighted by Gasteiger charge is -2.38. The summed E-state index contributed by atoms with van der Waals surface area (Å²) in [6.45, 7) is 6.45. The second kappa shape index (κ2) is 5.50. The van der Waals surface area contributed by atoms with Gasteiger partial charge in [0, 0.05) is 26.1 Å². The van der Waals surface area contributed by atoms with E-state index in [1.165, 1.54) is 6.42 Å². The van der Waals surface area contributed by atoms with Gasteiger partial charge in [0.05, 0.1) is 0 Å². The van der Waals surface area contributed by atoms with E-state index in [1.54, 1.807) is 0 Å². The summed E-state index contributed by atoms with van der Waals surface area (Å²) in [5.41, 5.74) is 0.283. The quantitative estimate of drug-likeness (QED) is 0.723. The summed E-state index contributed by atoms with van der Waals surface area (Å²) in [5, 5.41) is 8.65. The second-order valence-electron chi connectivity index (χ2n) is 5.26. The third-order valence-corrected chi connectivity index (χ3v) is 3.05. The molecule has 1 amide bonds. The first-order chi connectivity index (χ1) is 7.05. The first kappa shape index (κ1) is 12.5. The van der Waals surface area contributed by atoms with E-state index in [0.29, 0.717) is 6.42 Å². The third kappa shape index (κ3) is 4.20. The number of amides is 1. The molecule has 0 aromatic rings. The standard InChI is InChI=1S/C12H23NO2/c1-12(2)7-5-8-13(10-12)11(15)6-3-4-9-14/h14H,3-10H2,1-2H3. The number of hydrogen-bond donors (Lipinski definition) is 1. The van der Waals surface area contributed by atoms with Crippen LogP contribution in [-0.2, 0) is 4.79 Å². The van der Waals surface area contributed by atoms with Crippen LogP contribution in [0.4, 0.5) is 0 Å². The fourth-order valence-electron chi connectivity index (χ4n) is 2.18. The number of carbonyl (C=O) groups is 1. The maximum atomic E-state index is 11.8. The smallest absolute Gasteiger partial charge is 0.222 e. The van der Waals surface area contributed by atoms with Crippen LogP contribution in [0.25, 0.3) is 0 Å². The Morgan fingerprint density at radius 3 is 2.73 bits per heavy atom. The molecule has 15 heavy (non-hydrogen) atoms. The molecule has 88 valence electrons. The zero-order valence-electron chi connectivity index (χ0n) is 9.96. The van der Waals surface area contributed by atoms with Gasteiger partial charge in [0.15, 0.2) is 0 Å². The molecular formula is C12H23NO2. The van der Waals surface area contributed by atoms with Crippen molar-refractivity contribution >= 4 is 5.91 Å². The highest BCUT2D eigenvalue weighted by Gasteiger charge is 2.28. The van der Waals surface area contributed by atoms with E-state index in [2.05, 4.69) is 13.8 Å². The number of rotatable bonds is 4. The summed E-state index contributed by atoms with van der Waals surface area (Å²) >= 11 is 0. The van der Waals surface area contributed by atoms with E-state index in [9.17, 15) is 4.79 Å². The lowest BCUT2D eigenvalue weighted by Crippen LogP contribution is -2.43. The average Bonchev–Trinajstić information content (AvgIpc) is 2.16. The molecular weight excluding hydrogens is 190 g/mol. The van der Waals surface area contributed by atoms with Crippen LogP contribution in [-0.4, -0.2) is 35.6 Å². The number of likely N-dealkylation sites (tertiary alicyclic amines) is 1. The zero-order chi connectivity index (χ0) is 11.3. The third-order valence-electron chi connectivity index (χ3n) is 3.05. The van der Waals surface area contributed by atoms with Gasteiger partial charge < -0.3 is 10.0 Å². The fourth-order valence-corrected chi connectivity index (χ4v) is 2.18. The maximum Gasteiger partial charge on any atom is 0.222 e. The number of nitrogens with zero attached hydrogens (tertiary/aromatic N) is 1. The molecule has 0 aromatic carbocycles. The lowest BCUT2D eigenvalue weighted by atomic mass is 9.84. The van der Waals surface area contributed by atoms with Gasteiger partial charge in [-0.25, -0.2) is 0 Å². The topological polar surface area (TPSA) is 40.5 Å². The van der Waals surface area contributed by atoms with Gasteiger partial charge in [-0.2, -0.15) is 0 Å². The van der Waals surface area contributed by atoms with E-state index in [4.69, 9.17) is 5.11 Å². The molecule has 0 bridgehead atoms. The van der Waals surface area contributed by atoms with Crippen LogP contribution in [0, 0.1) is 5.41 Å². The highest BCUT2D eigenvalue weighted by molar-refractivity contribution is 5.76. The molecule has 0 unspecified atom stereocenters. The van der Waals surface area contributed by atoms with E-state index in [-0.39, 0.29) is 17.9 Å². The van der Waals surface area contributed by atoms with Gasteiger partial charge in [-0.15, -0.1) is 0 Å². The molecule has 3 nitrogen and oxygen atoms in total. The van der Waals surface area contributed by atoms with Gasteiger partial charge in [-0.1, -0.05) is 13.8 Å². The summed E-state index contributed by atoms with van der Waals surface area (Å²) < 4.78 is 0. The predicted molar refractivity (Wildman–Crippen MR) is 60.5 cm³/mol. The zero-order valence-corrected chi connectivity index (χ0v) is 9.96. The SMILES string of the molecule is CC1(C)CCCN(C(=O)CCCCO)C1. The average molecular weight is 213 g/mol. The van der Waals surface area contributed by atoms with E-state index >= 15 is 0 Å². The fraction of sp³-hybridized carbons (Fsp3) is 0.917. The Bertz CT molecular complexity index is 214. The molecule has 0 saturated carbocycles. The molecule has 1 N–H and O–H groups in total. The molecule has 1 saturated heterocycles. The summed E-state index contributed by atoms with van der Waals surface area (Å²) in [6, 6.07) is 0. The van der Waals surface area contributed by atoms with Crippen LogP contribution in [0.1, 0.15) is 46.0 Å². The number of unbranched alkanes of at least 4 members (excludes halogenated alkanes) is 1. The van der Waals surface area contributed by atoms with Crippen molar-refractivity contribution in [2.75, 3.05) is 19.7 Å². The molecule has 1 rings (SSSR count). The summed E-state index contributed by atoms with van der Waals surface area (Å²) in [7, 11) is 0. The van der Waals surface area contributed by atoms with Crippen molar-refractivity contribution in [2.24, 2.45) is 5.41 Å². The van der Waals surface area contributed by atoms with E-state index in [1.807, 2.05) is 4.90 Å². The minimum Gasteiger partial charge on any atom is -0.396 e. The van der Waals surface area contributed by atoms with Crippen molar-refractivity contribution in [1.29, 1.82) is 0 Å². The Morgan fingerprint density at radius 1 is 1.40 bits per heavy atom. The van der Waals surface area contributed by atoms with Gasteiger partial charge >= 0.3 is 0 Å². The van der Waals surface area contributed by atoms with E-state index < -0.39 is 0 Å². The molecule has 0 radical (unpaired) electrons. The van der Waals surface area contributed by atoms with Crippen molar-refractivity contribution in [2.45, 2.75) is 46.0 Å². The minimum absolute atomic E-state index is 0.193. The second-order valence-corrected chi connectivity index (χ2v) is 5.26. The molecule has 3 heteroatoms. The molecule has 1 fully saturated rings. The van der Waals surface area contributed by atoms with Crippen LogP contribution < -0.4 is 0 Å². The molecule has 1 heterocycles. The Morgan fingerprint density at radius 2 is 2.13 bits per heavy atom. The van der Waals surface area contributed by atoms with Gasteiger partial charge in [0.2, 0.25) is 5.91 Å². The maximum absolute atomic E-state index is 11.8. The largest absolute Gasteiger partial charge is 0.396 e. The van der Waals surface area contributed by atoms with Gasteiger partial charge in [0.25, 0.3) is 0 Å². The predicted octanol–water partition coefficient (Wildman–Crippen LogP) is 1.80. The van der Waals surface area contributed by atoms with Crippen LogP contribution in [0.15, 0.2) is 0 Å². The van der Waals surface area contributed by atoms with Crippen LogP contribution >= 0.6 is 0 Å². The van der Waals surface area contributed by atoms with Crippen molar-refractivity contribution in [3.05, 3.63) is 0 Å². The number of aliphatic hydroxyl groups excluding tert-OH is 1. The first-order valence-electron chi connectivity index (χ1n) is 5.94. The van der Waals surface area contributed by atoms with Crippen molar-refractivity contribution in [3.8, 4) is 0 Å². The van der Waals surface area contributed by atoms with Crippen molar-refractivity contribution in [3.63, 3.8) is 0 Å². The Balaban J connectivity index is 2.32. The van der Waals surface area contributed by atoms with Crippen LogP contribution in [0.5, 0.6) is 0 Å². The van der Waals surface area contributed by atoms with Crippen LogP contribution in [0.3, 0.4) is 0 Å². The first-order valence-corrected chi connectivity index (χ1v) is 5.94. The van der Waals surface area contributed by atoms with E-state index in [0.717, 1.165) is 32.4 Å². The number of aliphatic hydroxyl groups is 1. The van der Waals surface area contributed by atoms with Crippen molar-refractivity contribution in [1.82, 2.24) is 4.90 Å². The molecule has 1 aliphatic heterocycles. The number of hydrogen-bond acceptors (Lipinski definition) is 2. The summed E-state index contributed by atoms with van der Waals surface area (Å²) in [4.78, 5) is 13.8. The summed E-state index contributed by atoms with van der Waals surface area (Å²) in [5.74, 6) is 0.260. The number of piperidine rings is 1. The minimum atomic E-state index is 0.193. The van der Waals surface area contributed by atoms with Gasteiger partial charge in [-0.05, 0) is 31.1 Å². The molecule has 0 aromatic heterocycles.